The van der Waals surface area contributed by atoms with Crippen LogP contribution in [0.1, 0.15) is 10.6 Å². The number of aromatic nitrogens is 1. The summed E-state index contributed by atoms with van der Waals surface area (Å²) >= 11 is 4.86. The van der Waals surface area contributed by atoms with Crippen molar-refractivity contribution >= 4 is 38.9 Å². The van der Waals surface area contributed by atoms with Gasteiger partial charge in [0, 0.05) is 15.4 Å². The molecule has 0 saturated heterocycles. The molecule has 3 aromatic rings. The number of benzene rings is 2. The van der Waals surface area contributed by atoms with Gasteiger partial charge in [0.2, 0.25) is 5.75 Å². The van der Waals surface area contributed by atoms with Crippen LogP contribution in [0.5, 0.6) is 17.2 Å². The highest BCUT2D eigenvalue weighted by molar-refractivity contribution is 9.10. The maximum absolute atomic E-state index is 9.67. The first kappa shape index (κ1) is 19.9. The second-order valence-corrected chi connectivity index (χ2v) is 7.45. The van der Waals surface area contributed by atoms with E-state index in [1.807, 2.05) is 29.6 Å². The first-order valence-corrected chi connectivity index (χ1v) is 9.90. The Labute approximate surface area is 176 Å². The second-order valence-electron chi connectivity index (χ2n) is 5.67. The van der Waals surface area contributed by atoms with E-state index in [4.69, 9.17) is 14.2 Å². The Morgan fingerprint density at radius 2 is 1.71 bits per heavy atom. The Hall–Kier alpha value is -2.82. The molecule has 0 amide bonds. The minimum atomic E-state index is 0.461. The SMILES string of the molecule is COc1cc(/C=C(\C#N)c2nc(-c3ccc(Br)cc3)cs2)cc(OC)c1OC. The van der Waals surface area contributed by atoms with Crippen LogP contribution in [0.4, 0.5) is 0 Å². The number of nitriles is 1. The normalized spacial score (nSPS) is 11.0. The average Bonchev–Trinajstić information content (AvgIpc) is 3.21. The number of rotatable bonds is 6. The molecular formula is C21H17BrN2O3S. The van der Waals surface area contributed by atoms with Crippen LogP contribution >= 0.6 is 27.3 Å². The molecule has 0 bridgehead atoms. The van der Waals surface area contributed by atoms with Gasteiger partial charge in [0.15, 0.2) is 11.5 Å². The number of ether oxygens (including phenoxy) is 3. The van der Waals surface area contributed by atoms with E-state index in [1.165, 1.54) is 11.3 Å². The molecule has 0 N–H and O–H groups in total. The summed E-state index contributed by atoms with van der Waals surface area (Å²) in [7, 11) is 4.67. The quantitative estimate of drug-likeness (QED) is 0.447. The number of hydrogen-bond acceptors (Lipinski definition) is 6. The summed E-state index contributed by atoms with van der Waals surface area (Å²) in [5, 5.41) is 12.3. The van der Waals surface area contributed by atoms with Gasteiger partial charge < -0.3 is 14.2 Å². The smallest absolute Gasteiger partial charge is 0.203 e. The third-order valence-electron chi connectivity index (χ3n) is 3.99. The summed E-state index contributed by atoms with van der Waals surface area (Å²) < 4.78 is 17.1. The summed E-state index contributed by atoms with van der Waals surface area (Å²) in [6.45, 7) is 0. The molecule has 0 saturated carbocycles. The molecule has 0 aliphatic rings. The van der Waals surface area contributed by atoms with Gasteiger partial charge in [0.25, 0.3) is 0 Å². The van der Waals surface area contributed by atoms with Crippen LogP contribution in [-0.4, -0.2) is 26.3 Å². The molecule has 0 unspecified atom stereocenters. The number of nitrogens with zero attached hydrogens (tertiary/aromatic N) is 2. The lowest BCUT2D eigenvalue weighted by molar-refractivity contribution is 0.324. The first-order valence-electron chi connectivity index (χ1n) is 8.23. The Bertz CT molecular complexity index is 1030. The molecule has 0 aliphatic heterocycles. The number of allylic oxidation sites excluding steroid dienone is 1. The molecule has 0 radical (unpaired) electrons. The monoisotopic (exact) mass is 456 g/mol. The number of halogens is 1. The molecular weight excluding hydrogens is 440 g/mol. The molecule has 2 aromatic carbocycles. The van der Waals surface area contributed by atoms with Gasteiger partial charge in [-0.25, -0.2) is 4.98 Å². The van der Waals surface area contributed by atoms with E-state index in [0.717, 1.165) is 21.3 Å². The van der Waals surface area contributed by atoms with Crippen LogP contribution in [0.25, 0.3) is 22.9 Å². The Morgan fingerprint density at radius 1 is 1.07 bits per heavy atom. The van der Waals surface area contributed by atoms with Crippen molar-refractivity contribution < 1.29 is 14.2 Å². The van der Waals surface area contributed by atoms with Crippen LogP contribution in [-0.2, 0) is 0 Å². The zero-order valence-corrected chi connectivity index (χ0v) is 17.9. The predicted molar refractivity (Wildman–Crippen MR) is 115 cm³/mol. The van der Waals surface area contributed by atoms with Gasteiger partial charge in [0.1, 0.15) is 11.1 Å². The van der Waals surface area contributed by atoms with Crippen molar-refractivity contribution in [1.82, 2.24) is 4.98 Å². The second kappa shape index (κ2) is 8.91. The van der Waals surface area contributed by atoms with Gasteiger partial charge in [-0.05, 0) is 35.9 Å². The van der Waals surface area contributed by atoms with E-state index >= 15 is 0 Å². The number of thiazole rings is 1. The number of methoxy groups -OCH3 is 3. The zero-order valence-electron chi connectivity index (χ0n) is 15.5. The van der Waals surface area contributed by atoms with E-state index in [-0.39, 0.29) is 0 Å². The summed E-state index contributed by atoms with van der Waals surface area (Å²) in [6, 6.07) is 13.7. The molecule has 3 rings (SSSR count). The van der Waals surface area contributed by atoms with Gasteiger partial charge in [-0.1, -0.05) is 28.1 Å². The molecule has 5 nitrogen and oxygen atoms in total. The van der Waals surface area contributed by atoms with Crippen molar-refractivity contribution in [3.63, 3.8) is 0 Å². The predicted octanol–water partition coefficient (Wildman–Crippen LogP) is 5.66. The molecule has 7 heteroatoms. The molecule has 1 aromatic heterocycles. The number of hydrogen-bond donors (Lipinski definition) is 0. The maximum Gasteiger partial charge on any atom is 0.203 e. The van der Waals surface area contributed by atoms with Gasteiger partial charge in [0.05, 0.1) is 32.6 Å². The third kappa shape index (κ3) is 4.19. The third-order valence-corrected chi connectivity index (χ3v) is 5.40. The lowest BCUT2D eigenvalue weighted by Crippen LogP contribution is -1.95. The largest absolute Gasteiger partial charge is 0.493 e. The van der Waals surface area contributed by atoms with Crippen LogP contribution in [0.2, 0.25) is 0 Å². The molecule has 0 atom stereocenters. The Kier molecular flexibility index (Phi) is 6.34. The van der Waals surface area contributed by atoms with Crippen molar-refractivity contribution in [2.75, 3.05) is 21.3 Å². The van der Waals surface area contributed by atoms with Gasteiger partial charge >= 0.3 is 0 Å². The van der Waals surface area contributed by atoms with E-state index in [2.05, 4.69) is 27.0 Å². The molecule has 0 spiro atoms. The molecule has 142 valence electrons. The van der Waals surface area contributed by atoms with Crippen molar-refractivity contribution in [3.8, 4) is 34.6 Å². The van der Waals surface area contributed by atoms with Crippen LogP contribution in [0.3, 0.4) is 0 Å². The van der Waals surface area contributed by atoms with Crippen LogP contribution in [0, 0.1) is 11.3 Å². The topological polar surface area (TPSA) is 64.4 Å². The van der Waals surface area contributed by atoms with E-state index in [0.29, 0.717) is 27.8 Å². The molecule has 1 heterocycles. The standard InChI is InChI=1S/C21H17BrN2O3S/c1-25-18-9-13(10-19(26-2)20(18)27-3)8-15(11-23)21-24-17(12-28-21)14-4-6-16(22)7-5-14/h4-10,12H,1-3H3/b15-8+. The van der Waals surface area contributed by atoms with Crippen LogP contribution < -0.4 is 14.2 Å². The highest BCUT2D eigenvalue weighted by atomic mass is 79.9. The summed E-state index contributed by atoms with van der Waals surface area (Å²) in [4.78, 5) is 4.62. The van der Waals surface area contributed by atoms with Gasteiger partial charge in [-0.3, -0.25) is 0 Å². The van der Waals surface area contributed by atoms with E-state index in [9.17, 15) is 5.26 Å². The average molecular weight is 457 g/mol. The Balaban J connectivity index is 1.99. The minimum absolute atomic E-state index is 0.461. The summed E-state index contributed by atoms with van der Waals surface area (Å²) in [5.74, 6) is 1.56. The van der Waals surface area contributed by atoms with Crippen molar-refractivity contribution in [2.24, 2.45) is 0 Å². The Morgan fingerprint density at radius 3 is 2.25 bits per heavy atom. The van der Waals surface area contributed by atoms with Crippen LogP contribution in [0.15, 0.2) is 46.3 Å². The lowest BCUT2D eigenvalue weighted by atomic mass is 10.1. The van der Waals surface area contributed by atoms with Gasteiger partial charge in [-0.15, -0.1) is 11.3 Å². The fourth-order valence-electron chi connectivity index (χ4n) is 2.64. The van der Waals surface area contributed by atoms with Crippen molar-refractivity contribution in [1.29, 1.82) is 5.26 Å². The fraction of sp³-hybridized carbons (Fsp3) is 0.143. The van der Waals surface area contributed by atoms with Gasteiger partial charge in [-0.2, -0.15) is 5.26 Å². The molecule has 0 fully saturated rings. The molecule has 0 aliphatic carbocycles. The van der Waals surface area contributed by atoms with Crippen molar-refractivity contribution in [2.45, 2.75) is 0 Å². The lowest BCUT2D eigenvalue weighted by Gasteiger charge is -2.13. The van der Waals surface area contributed by atoms with Crippen molar-refractivity contribution in [3.05, 3.63) is 56.8 Å². The highest BCUT2D eigenvalue weighted by Crippen LogP contribution is 2.39. The fourth-order valence-corrected chi connectivity index (χ4v) is 3.70. The minimum Gasteiger partial charge on any atom is -0.493 e. The molecule has 28 heavy (non-hydrogen) atoms. The maximum atomic E-state index is 9.67. The zero-order chi connectivity index (χ0) is 20.1. The first-order chi connectivity index (χ1) is 13.6. The summed E-state index contributed by atoms with van der Waals surface area (Å²) in [5.41, 5.74) is 3.04. The highest BCUT2D eigenvalue weighted by Gasteiger charge is 2.14. The summed E-state index contributed by atoms with van der Waals surface area (Å²) in [6.07, 6.45) is 1.76. The van der Waals surface area contributed by atoms with E-state index < -0.39 is 0 Å². The van der Waals surface area contributed by atoms with E-state index in [1.54, 1.807) is 39.5 Å².